The lowest BCUT2D eigenvalue weighted by atomic mass is 9.95. The van der Waals surface area contributed by atoms with Gasteiger partial charge in [-0.3, -0.25) is 0 Å². The minimum absolute atomic E-state index is 0.337. The van der Waals surface area contributed by atoms with Gasteiger partial charge in [0.1, 0.15) is 23.0 Å². The topological polar surface area (TPSA) is 80.9 Å². The quantitative estimate of drug-likeness (QED) is 0.187. The molecular formula is C36H40O4. The van der Waals surface area contributed by atoms with Crippen LogP contribution in [0.2, 0.25) is 0 Å². The van der Waals surface area contributed by atoms with Gasteiger partial charge in [0, 0.05) is 0 Å². The first kappa shape index (κ1) is 27.6. The van der Waals surface area contributed by atoms with Crippen LogP contribution in [0.3, 0.4) is 0 Å². The first-order valence-corrected chi connectivity index (χ1v) is 14.7. The Balaban J connectivity index is 1.36. The Kier molecular flexibility index (Phi) is 8.95. The lowest BCUT2D eigenvalue weighted by Gasteiger charge is -2.12. The zero-order valence-corrected chi connectivity index (χ0v) is 23.2. The largest absolute Gasteiger partial charge is 0.508 e. The van der Waals surface area contributed by atoms with Crippen LogP contribution in [0, 0.1) is 0 Å². The summed E-state index contributed by atoms with van der Waals surface area (Å²) in [4.78, 5) is 0. The number of hydrogen-bond donors (Lipinski definition) is 4. The zero-order chi connectivity index (χ0) is 27.9. The van der Waals surface area contributed by atoms with Crippen LogP contribution in [0.25, 0.3) is 0 Å². The van der Waals surface area contributed by atoms with Crippen molar-refractivity contribution in [2.45, 2.75) is 77.0 Å². The maximum absolute atomic E-state index is 10.5. The maximum Gasteiger partial charge on any atom is 0.118 e. The van der Waals surface area contributed by atoms with E-state index in [1.54, 1.807) is 24.3 Å². The molecular weight excluding hydrogens is 496 g/mol. The van der Waals surface area contributed by atoms with Gasteiger partial charge in [0.25, 0.3) is 0 Å². The van der Waals surface area contributed by atoms with Gasteiger partial charge in [0.15, 0.2) is 0 Å². The molecule has 0 aromatic heterocycles. The van der Waals surface area contributed by atoms with E-state index in [1.807, 2.05) is 24.3 Å². The van der Waals surface area contributed by atoms with Crippen LogP contribution in [0.1, 0.15) is 70.2 Å². The summed E-state index contributed by atoms with van der Waals surface area (Å²) in [7, 11) is 0. The van der Waals surface area contributed by atoms with Crippen LogP contribution in [-0.4, -0.2) is 20.4 Å². The first-order valence-electron chi connectivity index (χ1n) is 14.7. The summed E-state index contributed by atoms with van der Waals surface area (Å²) in [6.07, 6.45) is 10.4. The fourth-order valence-corrected chi connectivity index (χ4v) is 5.91. The Labute approximate surface area is 237 Å². The highest BCUT2D eigenvalue weighted by atomic mass is 16.3. The molecule has 0 saturated heterocycles. The van der Waals surface area contributed by atoms with Gasteiger partial charge < -0.3 is 20.4 Å². The van der Waals surface area contributed by atoms with Gasteiger partial charge in [0.2, 0.25) is 0 Å². The minimum Gasteiger partial charge on any atom is -0.508 e. The van der Waals surface area contributed by atoms with Gasteiger partial charge in [-0.15, -0.1) is 0 Å². The Bertz CT molecular complexity index is 1240. The third-order valence-corrected chi connectivity index (χ3v) is 8.22. The molecule has 0 atom stereocenters. The Morgan fingerprint density at radius 1 is 0.300 bits per heavy atom. The molecule has 4 heteroatoms. The van der Waals surface area contributed by atoms with E-state index < -0.39 is 0 Å². The molecule has 40 heavy (non-hydrogen) atoms. The summed E-state index contributed by atoms with van der Waals surface area (Å²) in [6, 6.07) is 23.7. The molecule has 8 bridgehead atoms. The lowest BCUT2D eigenvalue weighted by molar-refractivity contribution is 0.462. The minimum atomic E-state index is 0.337. The molecule has 0 unspecified atom stereocenters. The molecule has 4 aromatic carbocycles. The van der Waals surface area contributed by atoms with Crippen LogP contribution in [0.15, 0.2) is 72.8 Å². The van der Waals surface area contributed by atoms with E-state index in [4.69, 9.17) is 0 Å². The second kappa shape index (κ2) is 13.0. The molecule has 0 amide bonds. The molecule has 0 spiro atoms. The summed E-state index contributed by atoms with van der Waals surface area (Å²) in [6.45, 7) is 0. The monoisotopic (exact) mass is 536 g/mol. The highest BCUT2D eigenvalue weighted by Gasteiger charge is 2.10. The Hall–Kier alpha value is -3.92. The normalized spacial score (nSPS) is 15.2. The van der Waals surface area contributed by atoms with E-state index in [0.29, 0.717) is 23.0 Å². The fourth-order valence-electron chi connectivity index (χ4n) is 5.91. The van der Waals surface area contributed by atoms with Crippen molar-refractivity contribution < 1.29 is 20.4 Å². The number of fused-ring (bicyclic) bond motifs is 8. The van der Waals surface area contributed by atoms with Crippen molar-refractivity contribution in [2.75, 3.05) is 0 Å². The van der Waals surface area contributed by atoms with Crippen molar-refractivity contribution in [1.29, 1.82) is 0 Å². The number of aryl methyl sites for hydroxylation is 8. The van der Waals surface area contributed by atoms with Crippen molar-refractivity contribution in [2.24, 2.45) is 0 Å². The summed E-state index contributed by atoms with van der Waals surface area (Å²) in [5, 5.41) is 41.9. The molecule has 0 heterocycles. The third kappa shape index (κ3) is 7.18. The van der Waals surface area contributed by atoms with Crippen molar-refractivity contribution in [1.82, 2.24) is 0 Å². The second-order valence-electron chi connectivity index (χ2n) is 11.3. The van der Waals surface area contributed by atoms with Gasteiger partial charge in [-0.1, -0.05) is 48.5 Å². The SMILES string of the molecule is Oc1ccc2cc1CCCc1cc(ccc1O)CCCc1ccc(O)c(c1)CCCc1cc(ccc1O)CCC2. The Morgan fingerprint density at radius 3 is 0.775 bits per heavy atom. The fraction of sp³-hybridized carbons (Fsp3) is 0.333. The van der Waals surface area contributed by atoms with Crippen molar-refractivity contribution in [3.05, 3.63) is 117 Å². The van der Waals surface area contributed by atoms with E-state index in [2.05, 4.69) is 24.3 Å². The smallest absolute Gasteiger partial charge is 0.118 e. The number of benzene rings is 4. The van der Waals surface area contributed by atoms with Crippen LogP contribution in [0.4, 0.5) is 0 Å². The molecule has 0 radical (unpaired) electrons. The average molecular weight is 537 g/mol. The Morgan fingerprint density at radius 2 is 0.525 bits per heavy atom. The van der Waals surface area contributed by atoms with Crippen LogP contribution in [0.5, 0.6) is 23.0 Å². The second-order valence-corrected chi connectivity index (χ2v) is 11.3. The molecule has 1 aliphatic carbocycles. The standard InChI is InChI=1S/C36H40O4/c37-33-17-13-25-5-1-6-26-14-18-34(38)30(22-26)10-4-12-32-24-28(16-20-36(32)40)8-2-7-27-15-19-35(39)31(23-27)11-3-9-29(33)21-25/h13-24,37-40H,1-12H2. The number of phenolic OH excluding ortho intramolecular Hbond substituents is 4. The summed E-state index contributed by atoms with van der Waals surface area (Å²) < 4.78 is 0. The summed E-state index contributed by atoms with van der Waals surface area (Å²) in [5.41, 5.74) is 8.71. The maximum atomic E-state index is 10.5. The predicted molar refractivity (Wildman–Crippen MR) is 161 cm³/mol. The van der Waals surface area contributed by atoms with Gasteiger partial charge in [-0.05, 0) is 146 Å². The molecule has 5 rings (SSSR count). The number of aromatic hydroxyl groups is 4. The zero-order valence-electron chi connectivity index (χ0n) is 23.2. The van der Waals surface area contributed by atoms with Gasteiger partial charge in [0.05, 0.1) is 0 Å². The van der Waals surface area contributed by atoms with Gasteiger partial charge >= 0.3 is 0 Å². The molecule has 1 aliphatic rings. The van der Waals surface area contributed by atoms with Crippen molar-refractivity contribution in [3.8, 4) is 23.0 Å². The average Bonchev–Trinajstić information content (AvgIpc) is 2.94. The third-order valence-electron chi connectivity index (χ3n) is 8.22. The van der Waals surface area contributed by atoms with E-state index in [-0.39, 0.29) is 0 Å². The molecule has 0 aliphatic heterocycles. The highest BCUT2D eigenvalue weighted by Crippen LogP contribution is 2.28. The van der Waals surface area contributed by atoms with E-state index in [9.17, 15) is 20.4 Å². The molecule has 208 valence electrons. The van der Waals surface area contributed by atoms with Crippen LogP contribution < -0.4 is 0 Å². The van der Waals surface area contributed by atoms with Gasteiger partial charge in [-0.25, -0.2) is 0 Å². The van der Waals surface area contributed by atoms with Gasteiger partial charge in [-0.2, -0.15) is 0 Å². The lowest BCUT2D eigenvalue weighted by Crippen LogP contribution is -1.98. The molecule has 4 nitrogen and oxygen atoms in total. The van der Waals surface area contributed by atoms with E-state index >= 15 is 0 Å². The number of phenols is 4. The van der Waals surface area contributed by atoms with E-state index in [1.165, 1.54) is 22.3 Å². The summed E-state index contributed by atoms with van der Waals surface area (Å²) in [5.74, 6) is 1.35. The first-order chi connectivity index (χ1) is 19.4. The van der Waals surface area contributed by atoms with Crippen LogP contribution in [-0.2, 0) is 51.4 Å². The van der Waals surface area contributed by atoms with E-state index in [0.717, 1.165) is 99.3 Å². The molecule has 4 aromatic rings. The number of rotatable bonds is 0. The van der Waals surface area contributed by atoms with Crippen molar-refractivity contribution in [3.63, 3.8) is 0 Å². The number of hydrogen-bond acceptors (Lipinski definition) is 4. The molecule has 4 N–H and O–H groups in total. The predicted octanol–water partition coefficient (Wildman–Crippen LogP) is 7.52. The molecule has 0 saturated carbocycles. The molecule has 0 fully saturated rings. The summed E-state index contributed by atoms with van der Waals surface area (Å²) >= 11 is 0. The van der Waals surface area contributed by atoms with Crippen molar-refractivity contribution >= 4 is 0 Å². The highest BCUT2D eigenvalue weighted by molar-refractivity contribution is 5.40. The van der Waals surface area contributed by atoms with Crippen LogP contribution >= 0.6 is 0 Å².